The molecule has 0 saturated carbocycles. The van der Waals surface area contributed by atoms with E-state index in [9.17, 15) is 0 Å². The third-order valence-corrected chi connectivity index (χ3v) is 2.99. The molecule has 13 heavy (non-hydrogen) atoms. The monoisotopic (exact) mass is 184 g/mol. The number of nitrogens with zero attached hydrogens (tertiary/aromatic N) is 1. The number of ether oxygens (including phenoxy) is 1. The molecule has 2 saturated heterocycles. The molecule has 0 amide bonds. The van der Waals surface area contributed by atoms with Gasteiger partial charge in [0, 0.05) is 25.7 Å². The molecule has 0 bridgehead atoms. The summed E-state index contributed by atoms with van der Waals surface area (Å²) in [6, 6.07) is 0.627. The van der Waals surface area contributed by atoms with Gasteiger partial charge in [0.2, 0.25) is 0 Å². The van der Waals surface area contributed by atoms with Crippen molar-refractivity contribution in [2.75, 3.05) is 39.4 Å². The first kappa shape index (κ1) is 9.44. The minimum Gasteiger partial charge on any atom is -0.380 e. The quantitative estimate of drug-likeness (QED) is 0.687. The van der Waals surface area contributed by atoms with Crippen molar-refractivity contribution in [3.63, 3.8) is 0 Å². The van der Waals surface area contributed by atoms with Crippen LogP contribution in [0.4, 0.5) is 0 Å². The average molecular weight is 184 g/mol. The van der Waals surface area contributed by atoms with Gasteiger partial charge in [-0.25, -0.2) is 0 Å². The molecule has 76 valence electrons. The van der Waals surface area contributed by atoms with Gasteiger partial charge in [0.15, 0.2) is 0 Å². The lowest BCUT2D eigenvalue weighted by Crippen LogP contribution is -2.36. The molecule has 2 rings (SSSR count). The van der Waals surface area contributed by atoms with Crippen LogP contribution in [0.25, 0.3) is 0 Å². The molecule has 0 aromatic rings. The SMILES string of the molecule is C1CCN(CCNC2CCOC2)C1. The van der Waals surface area contributed by atoms with Gasteiger partial charge in [-0.15, -0.1) is 0 Å². The van der Waals surface area contributed by atoms with Crippen LogP contribution in [0, 0.1) is 0 Å². The Bertz CT molecular complexity index is 124. The van der Waals surface area contributed by atoms with Crippen LogP contribution in [0.15, 0.2) is 0 Å². The van der Waals surface area contributed by atoms with E-state index in [0.717, 1.165) is 19.8 Å². The molecule has 1 N–H and O–H groups in total. The molecule has 2 aliphatic heterocycles. The summed E-state index contributed by atoms with van der Waals surface area (Å²) in [4.78, 5) is 2.54. The highest BCUT2D eigenvalue weighted by molar-refractivity contribution is 4.73. The Hall–Kier alpha value is -0.120. The van der Waals surface area contributed by atoms with Crippen molar-refractivity contribution < 1.29 is 4.74 Å². The van der Waals surface area contributed by atoms with Gasteiger partial charge < -0.3 is 15.0 Å². The van der Waals surface area contributed by atoms with Gasteiger partial charge in [-0.2, -0.15) is 0 Å². The molecule has 0 spiro atoms. The fourth-order valence-electron chi connectivity index (χ4n) is 2.13. The molecule has 0 aromatic heterocycles. The number of nitrogens with one attached hydrogen (secondary N) is 1. The standard InChI is InChI=1S/C10H20N2O/c1-2-6-12(5-1)7-4-11-10-3-8-13-9-10/h10-11H,1-9H2. The van der Waals surface area contributed by atoms with Crippen LogP contribution >= 0.6 is 0 Å². The Kier molecular flexibility index (Phi) is 3.58. The normalized spacial score (nSPS) is 30.0. The van der Waals surface area contributed by atoms with E-state index in [2.05, 4.69) is 10.2 Å². The van der Waals surface area contributed by atoms with Gasteiger partial charge in [-0.3, -0.25) is 0 Å². The zero-order valence-corrected chi connectivity index (χ0v) is 8.30. The highest BCUT2D eigenvalue weighted by atomic mass is 16.5. The molecule has 1 atom stereocenters. The number of hydrogen-bond donors (Lipinski definition) is 1. The second-order valence-electron chi connectivity index (χ2n) is 4.06. The van der Waals surface area contributed by atoms with Crippen LogP contribution in [-0.2, 0) is 4.74 Å². The lowest BCUT2D eigenvalue weighted by Gasteiger charge is -2.16. The van der Waals surface area contributed by atoms with E-state index < -0.39 is 0 Å². The van der Waals surface area contributed by atoms with Crippen LogP contribution in [-0.4, -0.2) is 50.3 Å². The third kappa shape index (κ3) is 2.93. The van der Waals surface area contributed by atoms with Gasteiger partial charge in [-0.1, -0.05) is 0 Å². The molecular formula is C10H20N2O. The van der Waals surface area contributed by atoms with Crippen LogP contribution < -0.4 is 5.32 Å². The van der Waals surface area contributed by atoms with E-state index in [0.29, 0.717) is 6.04 Å². The van der Waals surface area contributed by atoms with Crippen molar-refractivity contribution >= 4 is 0 Å². The molecule has 0 radical (unpaired) electrons. The first-order chi connectivity index (χ1) is 6.45. The second-order valence-corrected chi connectivity index (χ2v) is 4.06. The number of rotatable bonds is 4. The van der Waals surface area contributed by atoms with E-state index >= 15 is 0 Å². The zero-order chi connectivity index (χ0) is 8.93. The van der Waals surface area contributed by atoms with E-state index in [1.807, 2.05) is 0 Å². The first-order valence-electron chi connectivity index (χ1n) is 5.48. The van der Waals surface area contributed by atoms with Gasteiger partial charge in [0.25, 0.3) is 0 Å². The fraction of sp³-hybridized carbons (Fsp3) is 1.00. The molecular weight excluding hydrogens is 164 g/mol. The van der Waals surface area contributed by atoms with Crippen LogP contribution in [0.5, 0.6) is 0 Å². The Morgan fingerprint density at radius 1 is 1.31 bits per heavy atom. The Morgan fingerprint density at radius 3 is 2.85 bits per heavy atom. The maximum absolute atomic E-state index is 5.30. The summed E-state index contributed by atoms with van der Waals surface area (Å²) < 4.78 is 5.30. The van der Waals surface area contributed by atoms with Crippen LogP contribution in [0.3, 0.4) is 0 Å². The summed E-state index contributed by atoms with van der Waals surface area (Å²) in [6.45, 7) is 6.83. The van der Waals surface area contributed by atoms with Crippen molar-refractivity contribution in [1.29, 1.82) is 0 Å². The summed E-state index contributed by atoms with van der Waals surface area (Å²) in [5, 5.41) is 3.54. The second kappa shape index (κ2) is 4.94. The molecule has 0 aliphatic carbocycles. The van der Waals surface area contributed by atoms with Crippen molar-refractivity contribution in [2.45, 2.75) is 25.3 Å². The van der Waals surface area contributed by atoms with E-state index in [1.54, 1.807) is 0 Å². The first-order valence-corrected chi connectivity index (χ1v) is 5.48. The molecule has 1 unspecified atom stereocenters. The predicted molar refractivity (Wildman–Crippen MR) is 52.9 cm³/mol. The summed E-state index contributed by atoms with van der Waals surface area (Å²) >= 11 is 0. The largest absolute Gasteiger partial charge is 0.380 e. The minimum atomic E-state index is 0.627. The lowest BCUT2D eigenvalue weighted by molar-refractivity contribution is 0.189. The van der Waals surface area contributed by atoms with Crippen molar-refractivity contribution in [3.8, 4) is 0 Å². The maximum atomic E-state index is 5.30. The summed E-state index contributed by atoms with van der Waals surface area (Å²) in [6.07, 6.45) is 3.99. The summed E-state index contributed by atoms with van der Waals surface area (Å²) in [7, 11) is 0. The molecule has 3 heteroatoms. The lowest BCUT2D eigenvalue weighted by atomic mass is 10.2. The smallest absolute Gasteiger partial charge is 0.0620 e. The zero-order valence-electron chi connectivity index (χ0n) is 8.30. The average Bonchev–Trinajstić information content (AvgIpc) is 2.75. The van der Waals surface area contributed by atoms with Crippen molar-refractivity contribution in [1.82, 2.24) is 10.2 Å². The fourth-order valence-corrected chi connectivity index (χ4v) is 2.13. The maximum Gasteiger partial charge on any atom is 0.0620 e. The number of hydrogen-bond acceptors (Lipinski definition) is 3. The van der Waals surface area contributed by atoms with E-state index in [-0.39, 0.29) is 0 Å². The van der Waals surface area contributed by atoms with Crippen LogP contribution in [0.1, 0.15) is 19.3 Å². The molecule has 2 fully saturated rings. The molecule has 3 nitrogen and oxygen atoms in total. The van der Waals surface area contributed by atoms with Crippen molar-refractivity contribution in [2.24, 2.45) is 0 Å². The highest BCUT2D eigenvalue weighted by Crippen LogP contribution is 2.06. The highest BCUT2D eigenvalue weighted by Gasteiger charge is 2.15. The Morgan fingerprint density at radius 2 is 2.15 bits per heavy atom. The Balaban J connectivity index is 1.52. The predicted octanol–water partition coefficient (Wildman–Crippen LogP) is 0.461. The molecule has 2 aliphatic rings. The van der Waals surface area contributed by atoms with Gasteiger partial charge in [-0.05, 0) is 32.4 Å². The molecule has 2 heterocycles. The van der Waals surface area contributed by atoms with Crippen LogP contribution in [0.2, 0.25) is 0 Å². The molecule has 0 aromatic carbocycles. The summed E-state index contributed by atoms with van der Waals surface area (Å²) in [5.74, 6) is 0. The van der Waals surface area contributed by atoms with Gasteiger partial charge >= 0.3 is 0 Å². The minimum absolute atomic E-state index is 0.627. The third-order valence-electron chi connectivity index (χ3n) is 2.99. The van der Waals surface area contributed by atoms with E-state index in [4.69, 9.17) is 4.74 Å². The van der Waals surface area contributed by atoms with Gasteiger partial charge in [0.1, 0.15) is 0 Å². The summed E-state index contributed by atoms with van der Waals surface area (Å²) in [5.41, 5.74) is 0. The topological polar surface area (TPSA) is 24.5 Å². The van der Waals surface area contributed by atoms with E-state index in [1.165, 1.54) is 38.9 Å². The Labute approximate surface area is 80.4 Å². The van der Waals surface area contributed by atoms with Crippen molar-refractivity contribution in [3.05, 3.63) is 0 Å². The number of likely N-dealkylation sites (tertiary alicyclic amines) is 1. The van der Waals surface area contributed by atoms with Gasteiger partial charge in [0.05, 0.1) is 6.61 Å².